The molecule has 0 aromatic carbocycles. The van der Waals surface area contributed by atoms with E-state index in [9.17, 15) is 9.59 Å². The standard InChI is InChI=1S/C11H15N5O2/c17-10-12-4-6-15(10)11(18)14-8-2-5-16-9(7-8)1-3-13-16/h1,3,8H,2,4-7H2,(H,12,17)(H,14,18)/t8-/m1/s1. The van der Waals surface area contributed by atoms with E-state index in [1.807, 2.05) is 10.7 Å². The van der Waals surface area contributed by atoms with Crippen molar-refractivity contribution >= 4 is 12.1 Å². The number of fused-ring (bicyclic) bond motifs is 1. The van der Waals surface area contributed by atoms with Gasteiger partial charge < -0.3 is 10.6 Å². The number of nitrogens with one attached hydrogen (secondary N) is 2. The van der Waals surface area contributed by atoms with Crippen LogP contribution in [0.2, 0.25) is 0 Å². The summed E-state index contributed by atoms with van der Waals surface area (Å²) in [6.07, 6.45) is 3.38. The first-order valence-corrected chi connectivity index (χ1v) is 6.10. The van der Waals surface area contributed by atoms with E-state index in [0.717, 1.165) is 25.1 Å². The van der Waals surface area contributed by atoms with Crippen LogP contribution in [0.5, 0.6) is 0 Å². The van der Waals surface area contributed by atoms with Crippen LogP contribution >= 0.6 is 0 Å². The molecular formula is C11H15N5O2. The van der Waals surface area contributed by atoms with Crippen LogP contribution in [0.4, 0.5) is 9.59 Å². The summed E-state index contributed by atoms with van der Waals surface area (Å²) in [6.45, 7) is 1.78. The van der Waals surface area contributed by atoms with E-state index in [4.69, 9.17) is 0 Å². The van der Waals surface area contributed by atoms with Crippen molar-refractivity contribution in [3.05, 3.63) is 18.0 Å². The normalized spacial score (nSPS) is 22.6. The molecule has 2 aliphatic heterocycles. The molecule has 3 rings (SSSR count). The molecule has 1 aromatic heterocycles. The number of hydrogen-bond donors (Lipinski definition) is 2. The van der Waals surface area contributed by atoms with Crippen molar-refractivity contribution in [1.82, 2.24) is 25.3 Å². The zero-order valence-corrected chi connectivity index (χ0v) is 9.93. The second-order valence-corrected chi connectivity index (χ2v) is 4.57. The molecule has 1 fully saturated rings. The fourth-order valence-corrected chi connectivity index (χ4v) is 2.41. The predicted molar refractivity (Wildman–Crippen MR) is 63.0 cm³/mol. The molecule has 96 valence electrons. The van der Waals surface area contributed by atoms with Gasteiger partial charge in [0.2, 0.25) is 0 Å². The van der Waals surface area contributed by atoms with E-state index in [-0.39, 0.29) is 18.1 Å². The highest BCUT2D eigenvalue weighted by Gasteiger charge is 2.28. The molecule has 3 heterocycles. The van der Waals surface area contributed by atoms with Crippen LogP contribution in [0.15, 0.2) is 12.3 Å². The molecule has 2 aliphatic rings. The first-order valence-electron chi connectivity index (χ1n) is 6.10. The largest absolute Gasteiger partial charge is 0.336 e. The maximum absolute atomic E-state index is 11.9. The summed E-state index contributed by atoms with van der Waals surface area (Å²) in [4.78, 5) is 24.5. The van der Waals surface area contributed by atoms with E-state index in [1.165, 1.54) is 4.90 Å². The summed E-state index contributed by atoms with van der Waals surface area (Å²) in [5, 5.41) is 9.71. The van der Waals surface area contributed by atoms with Gasteiger partial charge in [0.05, 0.1) is 0 Å². The monoisotopic (exact) mass is 249 g/mol. The average Bonchev–Trinajstić information content (AvgIpc) is 2.96. The Morgan fingerprint density at radius 2 is 2.39 bits per heavy atom. The number of aromatic nitrogens is 2. The summed E-state index contributed by atoms with van der Waals surface area (Å²) in [6, 6.07) is 1.42. The number of imide groups is 1. The maximum atomic E-state index is 11.9. The first-order chi connectivity index (χ1) is 8.74. The Balaban J connectivity index is 1.61. The van der Waals surface area contributed by atoms with E-state index >= 15 is 0 Å². The fourth-order valence-electron chi connectivity index (χ4n) is 2.41. The molecule has 0 unspecified atom stereocenters. The minimum Gasteiger partial charge on any atom is -0.336 e. The summed E-state index contributed by atoms with van der Waals surface area (Å²) in [5.74, 6) is 0. The molecular weight excluding hydrogens is 234 g/mol. The molecule has 2 N–H and O–H groups in total. The molecule has 0 aliphatic carbocycles. The van der Waals surface area contributed by atoms with Gasteiger partial charge >= 0.3 is 12.1 Å². The van der Waals surface area contributed by atoms with Crippen molar-refractivity contribution in [3.63, 3.8) is 0 Å². The summed E-state index contributed by atoms with van der Waals surface area (Å²) >= 11 is 0. The lowest BCUT2D eigenvalue weighted by atomic mass is 10.0. The molecule has 7 nitrogen and oxygen atoms in total. The molecule has 4 amide bonds. The van der Waals surface area contributed by atoms with Crippen LogP contribution in [-0.4, -0.2) is 45.9 Å². The Kier molecular flexibility index (Phi) is 2.66. The third-order valence-electron chi connectivity index (χ3n) is 3.38. The Morgan fingerprint density at radius 1 is 1.50 bits per heavy atom. The van der Waals surface area contributed by atoms with E-state index in [2.05, 4.69) is 15.7 Å². The quantitative estimate of drug-likeness (QED) is 0.731. The third-order valence-corrected chi connectivity index (χ3v) is 3.38. The molecule has 0 spiro atoms. The molecule has 1 atom stereocenters. The van der Waals surface area contributed by atoms with Gasteiger partial charge in [-0.05, 0) is 12.5 Å². The second-order valence-electron chi connectivity index (χ2n) is 4.57. The van der Waals surface area contributed by atoms with Crippen molar-refractivity contribution in [2.24, 2.45) is 0 Å². The van der Waals surface area contributed by atoms with Gasteiger partial charge in [-0.3, -0.25) is 4.68 Å². The number of amides is 4. The van der Waals surface area contributed by atoms with Gasteiger partial charge in [-0.1, -0.05) is 0 Å². The van der Waals surface area contributed by atoms with Crippen molar-refractivity contribution in [1.29, 1.82) is 0 Å². The lowest BCUT2D eigenvalue weighted by molar-refractivity contribution is 0.194. The van der Waals surface area contributed by atoms with Gasteiger partial charge in [-0.25, -0.2) is 14.5 Å². The van der Waals surface area contributed by atoms with E-state index < -0.39 is 0 Å². The Bertz CT molecular complexity index is 484. The number of carbonyl (C=O) groups is 2. The van der Waals surface area contributed by atoms with E-state index in [0.29, 0.717) is 13.1 Å². The summed E-state index contributed by atoms with van der Waals surface area (Å²) in [7, 11) is 0. The average molecular weight is 249 g/mol. The van der Waals surface area contributed by atoms with Crippen molar-refractivity contribution in [3.8, 4) is 0 Å². The Labute approximate surface area is 104 Å². The number of carbonyl (C=O) groups excluding carboxylic acids is 2. The van der Waals surface area contributed by atoms with Gasteiger partial charge in [-0.15, -0.1) is 0 Å². The molecule has 0 saturated carbocycles. The molecule has 0 bridgehead atoms. The Morgan fingerprint density at radius 3 is 3.17 bits per heavy atom. The minimum absolute atomic E-state index is 0.0788. The van der Waals surface area contributed by atoms with Crippen LogP contribution < -0.4 is 10.6 Å². The predicted octanol–water partition coefficient (Wildman–Crippen LogP) is -0.0673. The molecule has 7 heteroatoms. The number of hydrogen-bond acceptors (Lipinski definition) is 3. The summed E-state index contributed by atoms with van der Waals surface area (Å²) in [5.41, 5.74) is 1.12. The number of nitrogens with zero attached hydrogens (tertiary/aromatic N) is 3. The molecule has 18 heavy (non-hydrogen) atoms. The highest BCUT2D eigenvalue weighted by atomic mass is 16.2. The molecule has 1 aromatic rings. The SMILES string of the molecule is O=C1NCCN1C(=O)N[C@@H]1CCn2nccc2C1. The lowest BCUT2D eigenvalue weighted by Gasteiger charge is -2.25. The van der Waals surface area contributed by atoms with Crippen molar-refractivity contribution in [2.75, 3.05) is 13.1 Å². The van der Waals surface area contributed by atoms with E-state index in [1.54, 1.807) is 6.20 Å². The van der Waals surface area contributed by atoms with Gasteiger partial charge in [-0.2, -0.15) is 5.10 Å². The number of urea groups is 2. The number of aryl methyl sites for hydroxylation is 1. The van der Waals surface area contributed by atoms with Gasteiger partial charge in [0, 0.05) is 44.0 Å². The van der Waals surface area contributed by atoms with Crippen LogP contribution in [-0.2, 0) is 13.0 Å². The van der Waals surface area contributed by atoms with Crippen LogP contribution in [0, 0.1) is 0 Å². The zero-order valence-electron chi connectivity index (χ0n) is 9.93. The summed E-state index contributed by atoms with van der Waals surface area (Å²) < 4.78 is 1.95. The van der Waals surface area contributed by atoms with Gasteiger partial charge in [0.15, 0.2) is 0 Å². The first kappa shape index (κ1) is 11.1. The second kappa shape index (κ2) is 4.32. The lowest BCUT2D eigenvalue weighted by Crippen LogP contribution is -2.48. The van der Waals surface area contributed by atoms with Gasteiger partial charge in [0.25, 0.3) is 0 Å². The third kappa shape index (κ3) is 1.92. The molecule has 0 radical (unpaired) electrons. The zero-order chi connectivity index (χ0) is 12.5. The highest BCUT2D eigenvalue weighted by molar-refractivity contribution is 5.95. The fraction of sp³-hybridized carbons (Fsp3) is 0.545. The van der Waals surface area contributed by atoms with Crippen LogP contribution in [0.1, 0.15) is 12.1 Å². The van der Waals surface area contributed by atoms with Gasteiger partial charge in [0.1, 0.15) is 0 Å². The molecule has 1 saturated heterocycles. The van der Waals surface area contributed by atoms with Crippen LogP contribution in [0.25, 0.3) is 0 Å². The minimum atomic E-state index is -0.312. The number of rotatable bonds is 1. The van der Waals surface area contributed by atoms with Crippen LogP contribution in [0.3, 0.4) is 0 Å². The van der Waals surface area contributed by atoms with Crippen molar-refractivity contribution < 1.29 is 9.59 Å². The topological polar surface area (TPSA) is 79.3 Å². The van der Waals surface area contributed by atoms with Crippen molar-refractivity contribution in [2.45, 2.75) is 25.4 Å². The smallest absolute Gasteiger partial charge is 0.325 e. The highest BCUT2D eigenvalue weighted by Crippen LogP contribution is 2.14. The Hall–Kier alpha value is -2.05. The maximum Gasteiger partial charge on any atom is 0.325 e.